The van der Waals surface area contributed by atoms with Gasteiger partial charge < -0.3 is 9.64 Å². The third-order valence-corrected chi connectivity index (χ3v) is 3.33. The number of ketones is 1. The number of hydrogen-bond acceptors (Lipinski definition) is 3. The summed E-state index contributed by atoms with van der Waals surface area (Å²) in [4.78, 5) is 24.9. The minimum Gasteiger partial charge on any atom is -0.347 e. The van der Waals surface area contributed by atoms with Crippen molar-refractivity contribution < 1.29 is 14.3 Å². The van der Waals surface area contributed by atoms with E-state index in [-0.39, 0.29) is 17.6 Å². The number of allylic oxidation sites excluding steroid dienone is 2. The molecule has 0 aromatic heterocycles. The zero-order chi connectivity index (χ0) is 12.5. The van der Waals surface area contributed by atoms with Crippen molar-refractivity contribution in [2.75, 3.05) is 13.7 Å². The molecule has 1 aliphatic carbocycles. The lowest BCUT2D eigenvalue weighted by molar-refractivity contribution is -0.176. The third-order valence-electron chi connectivity index (χ3n) is 3.33. The van der Waals surface area contributed by atoms with Crippen LogP contribution in [0.15, 0.2) is 24.3 Å². The molecule has 92 valence electrons. The maximum absolute atomic E-state index is 12.2. The summed E-state index contributed by atoms with van der Waals surface area (Å²) in [6.07, 6.45) is 8.00. The summed E-state index contributed by atoms with van der Waals surface area (Å²) in [5.74, 6) is -0.0486. The fourth-order valence-electron chi connectivity index (χ4n) is 2.24. The van der Waals surface area contributed by atoms with Crippen LogP contribution in [-0.2, 0) is 14.3 Å². The van der Waals surface area contributed by atoms with E-state index in [9.17, 15) is 9.59 Å². The first-order valence-electron chi connectivity index (χ1n) is 5.93. The molecule has 0 aromatic rings. The predicted octanol–water partition coefficient (Wildman–Crippen LogP) is 1.28. The molecule has 1 saturated heterocycles. The van der Waals surface area contributed by atoms with Crippen molar-refractivity contribution in [1.29, 1.82) is 0 Å². The second-order valence-corrected chi connectivity index (χ2v) is 4.51. The van der Waals surface area contributed by atoms with Crippen molar-refractivity contribution in [1.82, 2.24) is 4.90 Å². The molecule has 1 spiro atoms. The average molecular weight is 235 g/mol. The Balaban J connectivity index is 2.19. The van der Waals surface area contributed by atoms with Crippen molar-refractivity contribution in [3.63, 3.8) is 0 Å². The highest BCUT2D eigenvalue weighted by atomic mass is 16.5. The Morgan fingerprint density at radius 3 is 2.65 bits per heavy atom. The molecule has 0 N–H and O–H groups in total. The molecule has 4 nitrogen and oxygen atoms in total. The second-order valence-electron chi connectivity index (χ2n) is 4.51. The first-order chi connectivity index (χ1) is 8.09. The lowest BCUT2D eigenvalue weighted by atomic mass is 9.96. The van der Waals surface area contributed by atoms with Crippen LogP contribution in [0.25, 0.3) is 0 Å². The number of ether oxygens (including phenoxy) is 1. The van der Waals surface area contributed by atoms with Gasteiger partial charge in [0.05, 0.1) is 12.5 Å². The summed E-state index contributed by atoms with van der Waals surface area (Å²) in [7, 11) is 1.72. The molecule has 1 atom stereocenters. The SMILES string of the molecule is CCCC1COC2(C=CC(=O)C=C2)N(C)C1=O. The first kappa shape index (κ1) is 12.0. The number of hydrogen-bond donors (Lipinski definition) is 0. The van der Waals surface area contributed by atoms with Crippen molar-refractivity contribution in [2.24, 2.45) is 5.92 Å². The number of amides is 1. The van der Waals surface area contributed by atoms with Crippen molar-refractivity contribution in [2.45, 2.75) is 25.5 Å². The van der Waals surface area contributed by atoms with Crippen LogP contribution in [0.5, 0.6) is 0 Å². The standard InChI is InChI=1S/C13H17NO3/c1-3-4-10-9-17-13(14(2)12(10)16)7-5-11(15)6-8-13/h5-8,10H,3-4,9H2,1-2H3. The largest absolute Gasteiger partial charge is 0.347 e. The van der Waals surface area contributed by atoms with Crippen molar-refractivity contribution in [3.05, 3.63) is 24.3 Å². The van der Waals surface area contributed by atoms with Crippen molar-refractivity contribution in [3.8, 4) is 0 Å². The Labute approximate surface area is 101 Å². The second kappa shape index (κ2) is 4.45. The van der Waals surface area contributed by atoms with Gasteiger partial charge in [0.1, 0.15) is 0 Å². The molecule has 0 radical (unpaired) electrons. The number of nitrogens with zero attached hydrogens (tertiary/aromatic N) is 1. The van der Waals surface area contributed by atoms with Crippen LogP contribution in [0.2, 0.25) is 0 Å². The molecule has 1 amide bonds. The summed E-state index contributed by atoms with van der Waals surface area (Å²) < 4.78 is 5.78. The van der Waals surface area contributed by atoms with Gasteiger partial charge >= 0.3 is 0 Å². The van der Waals surface area contributed by atoms with E-state index in [0.29, 0.717) is 6.61 Å². The highest BCUT2D eigenvalue weighted by molar-refractivity contribution is 6.00. The molecular weight excluding hydrogens is 218 g/mol. The van der Waals surface area contributed by atoms with Gasteiger partial charge in [-0.05, 0) is 30.7 Å². The molecule has 1 fully saturated rings. The summed E-state index contributed by atoms with van der Waals surface area (Å²) in [5, 5.41) is 0. The molecule has 1 unspecified atom stereocenters. The summed E-state index contributed by atoms with van der Waals surface area (Å²) in [5.41, 5.74) is -0.852. The van der Waals surface area contributed by atoms with E-state index in [1.165, 1.54) is 12.2 Å². The summed E-state index contributed by atoms with van der Waals surface area (Å²) in [6, 6.07) is 0. The maximum Gasteiger partial charge on any atom is 0.230 e. The minimum atomic E-state index is -0.852. The lowest BCUT2D eigenvalue weighted by Gasteiger charge is -2.44. The van der Waals surface area contributed by atoms with E-state index in [2.05, 4.69) is 6.92 Å². The first-order valence-corrected chi connectivity index (χ1v) is 5.93. The molecule has 0 aromatic carbocycles. The van der Waals surface area contributed by atoms with Gasteiger partial charge in [0.2, 0.25) is 5.91 Å². The Morgan fingerprint density at radius 1 is 1.41 bits per heavy atom. The predicted molar refractivity (Wildman–Crippen MR) is 63.1 cm³/mol. The molecule has 17 heavy (non-hydrogen) atoms. The molecule has 2 rings (SSSR count). The Kier molecular flexibility index (Phi) is 3.15. The van der Waals surface area contributed by atoms with Gasteiger partial charge in [0.25, 0.3) is 0 Å². The molecule has 1 aliphatic heterocycles. The van der Waals surface area contributed by atoms with Gasteiger partial charge in [0.15, 0.2) is 11.5 Å². The van der Waals surface area contributed by atoms with E-state index in [4.69, 9.17) is 4.74 Å². The molecule has 4 heteroatoms. The van der Waals surface area contributed by atoms with Gasteiger partial charge in [-0.1, -0.05) is 13.3 Å². The van der Waals surface area contributed by atoms with E-state index < -0.39 is 5.72 Å². The van der Waals surface area contributed by atoms with Crippen LogP contribution in [0.1, 0.15) is 19.8 Å². The molecule has 0 bridgehead atoms. The highest BCUT2D eigenvalue weighted by Gasteiger charge is 2.42. The number of rotatable bonds is 2. The average Bonchev–Trinajstić information content (AvgIpc) is 2.34. The molecule has 1 heterocycles. The van der Waals surface area contributed by atoms with Crippen molar-refractivity contribution >= 4 is 11.7 Å². The van der Waals surface area contributed by atoms with Crippen LogP contribution in [0, 0.1) is 5.92 Å². The number of carbonyl (C=O) groups is 2. The van der Waals surface area contributed by atoms with E-state index in [1.807, 2.05) is 0 Å². The van der Waals surface area contributed by atoms with Crippen LogP contribution in [0.3, 0.4) is 0 Å². The Bertz CT molecular complexity index is 381. The normalized spacial score (nSPS) is 26.9. The minimum absolute atomic E-state index is 0.0601. The summed E-state index contributed by atoms with van der Waals surface area (Å²) >= 11 is 0. The van der Waals surface area contributed by atoms with Crippen LogP contribution in [0.4, 0.5) is 0 Å². The Hall–Kier alpha value is -1.42. The highest BCUT2D eigenvalue weighted by Crippen LogP contribution is 2.31. The fraction of sp³-hybridized carbons (Fsp3) is 0.538. The smallest absolute Gasteiger partial charge is 0.230 e. The third kappa shape index (κ3) is 2.05. The monoisotopic (exact) mass is 235 g/mol. The van der Waals surface area contributed by atoms with Crippen LogP contribution in [-0.4, -0.2) is 36.0 Å². The van der Waals surface area contributed by atoms with E-state index >= 15 is 0 Å². The maximum atomic E-state index is 12.2. The lowest BCUT2D eigenvalue weighted by Crippen LogP contribution is -2.57. The van der Waals surface area contributed by atoms with Crippen LogP contribution >= 0.6 is 0 Å². The fourth-order valence-corrected chi connectivity index (χ4v) is 2.24. The van der Waals surface area contributed by atoms with E-state index in [1.54, 1.807) is 24.1 Å². The summed E-state index contributed by atoms with van der Waals surface area (Å²) in [6.45, 7) is 2.47. The number of likely N-dealkylation sites (N-methyl/N-ethyl adjacent to an activating group) is 1. The number of carbonyl (C=O) groups excluding carboxylic acids is 2. The van der Waals surface area contributed by atoms with Crippen LogP contribution < -0.4 is 0 Å². The molecule has 2 aliphatic rings. The Morgan fingerprint density at radius 2 is 2.06 bits per heavy atom. The van der Waals surface area contributed by atoms with Gasteiger partial charge in [0, 0.05) is 7.05 Å². The zero-order valence-corrected chi connectivity index (χ0v) is 10.2. The zero-order valence-electron chi connectivity index (χ0n) is 10.2. The van der Waals surface area contributed by atoms with Gasteiger partial charge in [-0.2, -0.15) is 0 Å². The van der Waals surface area contributed by atoms with Gasteiger partial charge in [-0.15, -0.1) is 0 Å². The van der Waals surface area contributed by atoms with Gasteiger partial charge in [-0.25, -0.2) is 0 Å². The topological polar surface area (TPSA) is 46.6 Å². The molecule has 0 saturated carbocycles. The van der Waals surface area contributed by atoms with E-state index in [0.717, 1.165) is 12.8 Å². The van der Waals surface area contributed by atoms with Gasteiger partial charge in [-0.3, -0.25) is 9.59 Å². The quantitative estimate of drug-likeness (QED) is 0.724. The molecular formula is C13H17NO3.